The van der Waals surface area contributed by atoms with Crippen LogP contribution in [0.1, 0.15) is 27.8 Å². The number of esters is 2. The van der Waals surface area contributed by atoms with Crippen molar-refractivity contribution in [3.63, 3.8) is 0 Å². The molecule has 0 aliphatic rings. The standard InChI is InChI=1S/C19H18N2O5S/c1-3-26-18(23)13-6-4-5-7-14(13)20-16(22)11-21-15(19(24)25-2)10-12-8-9-27-17(12)21/h4-10H,3,11H2,1-2H3,(H,20,22). The lowest BCUT2D eigenvalue weighted by atomic mass is 10.2. The van der Waals surface area contributed by atoms with Crippen molar-refractivity contribution in [2.24, 2.45) is 0 Å². The van der Waals surface area contributed by atoms with Crippen molar-refractivity contribution in [2.75, 3.05) is 19.0 Å². The molecule has 0 atom stereocenters. The van der Waals surface area contributed by atoms with E-state index in [-0.39, 0.29) is 24.6 Å². The molecule has 3 aromatic rings. The van der Waals surface area contributed by atoms with Crippen LogP contribution in [0.2, 0.25) is 0 Å². The smallest absolute Gasteiger partial charge is 0.354 e. The van der Waals surface area contributed by atoms with Crippen molar-refractivity contribution in [3.8, 4) is 0 Å². The van der Waals surface area contributed by atoms with Crippen LogP contribution >= 0.6 is 11.3 Å². The minimum Gasteiger partial charge on any atom is -0.464 e. The summed E-state index contributed by atoms with van der Waals surface area (Å²) in [6, 6.07) is 10.2. The highest BCUT2D eigenvalue weighted by Gasteiger charge is 2.20. The highest BCUT2D eigenvalue weighted by atomic mass is 32.1. The molecule has 2 aromatic heterocycles. The Kier molecular flexibility index (Phi) is 5.56. The molecule has 3 rings (SSSR count). The third-order valence-electron chi connectivity index (χ3n) is 3.90. The van der Waals surface area contributed by atoms with Crippen molar-refractivity contribution in [1.29, 1.82) is 0 Å². The molecule has 1 aromatic carbocycles. The fourth-order valence-electron chi connectivity index (χ4n) is 2.72. The van der Waals surface area contributed by atoms with Crippen LogP contribution in [-0.4, -0.2) is 36.1 Å². The van der Waals surface area contributed by atoms with Crippen LogP contribution in [0.4, 0.5) is 5.69 Å². The average Bonchev–Trinajstić information content (AvgIpc) is 3.24. The molecule has 0 spiro atoms. The third-order valence-corrected chi connectivity index (χ3v) is 4.85. The number of fused-ring (bicyclic) bond motifs is 1. The van der Waals surface area contributed by atoms with Crippen LogP contribution in [0, 0.1) is 0 Å². The van der Waals surface area contributed by atoms with Gasteiger partial charge in [-0.3, -0.25) is 4.79 Å². The average molecular weight is 386 g/mol. The molecule has 2 heterocycles. The Morgan fingerprint density at radius 2 is 1.93 bits per heavy atom. The summed E-state index contributed by atoms with van der Waals surface area (Å²) in [6.07, 6.45) is 0. The van der Waals surface area contributed by atoms with E-state index in [1.165, 1.54) is 18.4 Å². The van der Waals surface area contributed by atoms with Crippen LogP contribution in [-0.2, 0) is 20.8 Å². The minimum atomic E-state index is -0.516. The first kappa shape index (κ1) is 18.7. The normalized spacial score (nSPS) is 10.6. The summed E-state index contributed by atoms with van der Waals surface area (Å²) in [4.78, 5) is 37.5. The Labute approximate surface area is 159 Å². The molecule has 0 saturated carbocycles. The molecular weight excluding hydrogens is 368 g/mol. The van der Waals surface area contributed by atoms with E-state index >= 15 is 0 Å². The van der Waals surface area contributed by atoms with Gasteiger partial charge in [-0.1, -0.05) is 12.1 Å². The zero-order chi connectivity index (χ0) is 19.4. The molecule has 7 nitrogen and oxygen atoms in total. The molecule has 0 aliphatic carbocycles. The van der Waals surface area contributed by atoms with E-state index in [4.69, 9.17) is 9.47 Å². The first-order valence-corrected chi connectivity index (χ1v) is 9.14. The van der Waals surface area contributed by atoms with Crippen LogP contribution in [0.25, 0.3) is 10.2 Å². The Bertz CT molecular complexity index is 1000. The number of carbonyl (C=O) groups excluding carboxylic acids is 3. The summed E-state index contributed by atoms with van der Waals surface area (Å²) in [7, 11) is 1.30. The molecule has 1 amide bonds. The van der Waals surface area contributed by atoms with Crippen LogP contribution in [0.15, 0.2) is 41.8 Å². The van der Waals surface area contributed by atoms with E-state index in [9.17, 15) is 14.4 Å². The predicted molar refractivity (Wildman–Crippen MR) is 102 cm³/mol. The van der Waals surface area contributed by atoms with Crippen LogP contribution in [0.3, 0.4) is 0 Å². The van der Waals surface area contributed by atoms with Gasteiger partial charge in [0.2, 0.25) is 5.91 Å². The van der Waals surface area contributed by atoms with Gasteiger partial charge < -0.3 is 19.4 Å². The van der Waals surface area contributed by atoms with Gasteiger partial charge in [-0.2, -0.15) is 0 Å². The number of nitrogens with one attached hydrogen (secondary N) is 1. The van der Waals surface area contributed by atoms with Crippen LogP contribution < -0.4 is 5.32 Å². The van der Waals surface area contributed by atoms with E-state index in [0.29, 0.717) is 11.4 Å². The molecule has 0 aliphatic heterocycles. The van der Waals surface area contributed by atoms with Crippen molar-refractivity contribution >= 4 is 45.1 Å². The van der Waals surface area contributed by atoms with Gasteiger partial charge in [0.1, 0.15) is 17.1 Å². The molecule has 8 heteroatoms. The number of hydrogen-bond acceptors (Lipinski definition) is 6. The molecule has 0 radical (unpaired) electrons. The van der Waals surface area contributed by atoms with Gasteiger partial charge in [0.25, 0.3) is 0 Å². The van der Waals surface area contributed by atoms with E-state index in [1.807, 2.05) is 11.4 Å². The van der Waals surface area contributed by atoms with Gasteiger partial charge in [-0.25, -0.2) is 9.59 Å². The molecule has 1 N–H and O–H groups in total. The van der Waals surface area contributed by atoms with Gasteiger partial charge in [0, 0.05) is 5.39 Å². The van der Waals surface area contributed by atoms with Gasteiger partial charge in [0.05, 0.1) is 25.0 Å². The van der Waals surface area contributed by atoms with Gasteiger partial charge in [-0.15, -0.1) is 11.3 Å². The molecule has 27 heavy (non-hydrogen) atoms. The van der Waals surface area contributed by atoms with E-state index in [0.717, 1.165) is 10.2 Å². The van der Waals surface area contributed by atoms with Crippen LogP contribution in [0.5, 0.6) is 0 Å². The number of amides is 1. The Hall–Kier alpha value is -3.13. The first-order valence-electron chi connectivity index (χ1n) is 8.26. The fraction of sp³-hybridized carbons (Fsp3) is 0.211. The van der Waals surface area contributed by atoms with Gasteiger partial charge in [0.15, 0.2) is 0 Å². The Balaban J connectivity index is 1.85. The lowest BCUT2D eigenvalue weighted by molar-refractivity contribution is -0.116. The lowest BCUT2D eigenvalue weighted by Crippen LogP contribution is -2.22. The Morgan fingerprint density at radius 3 is 2.67 bits per heavy atom. The lowest BCUT2D eigenvalue weighted by Gasteiger charge is -2.12. The van der Waals surface area contributed by atoms with E-state index in [2.05, 4.69) is 5.32 Å². The number of nitrogens with zero attached hydrogens (tertiary/aromatic N) is 1. The number of carbonyl (C=O) groups is 3. The number of rotatable bonds is 6. The zero-order valence-corrected chi connectivity index (χ0v) is 15.7. The number of anilines is 1. The fourth-order valence-corrected chi connectivity index (χ4v) is 3.61. The monoisotopic (exact) mass is 386 g/mol. The maximum atomic E-state index is 12.6. The number of thiophene rings is 1. The number of benzene rings is 1. The Morgan fingerprint density at radius 1 is 1.15 bits per heavy atom. The SMILES string of the molecule is CCOC(=O)c1ccccc1NC(=O)Cn1c(C(=O)OC)cc2ccsc21. The maximum Gasteiger partial charge on any atom is 0.354 e. The topological polar surface area (TPSA) is 86.6 Å². The summed E-state index contributed by atoms with van der Waals surface area (Å²) < 4.78 is 11.4. The largest absolute Gasteiger partial charge is 0.464 e. The predicted octanol–water partition coefficient (Wildman–Crippen LogP) is 3.30. The second kappa shape index (κ2) is 8.05. The highest BCUT2D eigenvalue weighted by molar-refractivity contribution is 7.16. The number of ether oxygens (including phenoxy) is 2. The molecule has 140 valence electrons. The first-order chi connectivity index (χ1) is 13.0. The second-order valence-corrected chi connectivity index (χ2v) is 6.50. The summed E-state index contributed by atoms with van der Waals surface area (Å²) in [5.41, 5.74) is 0.929. The quantitative estimate of drug-likeness (QED) is 0.657. The van der Waals surface area contributed by atoms with Gasteiger partial charge >= 0.3 is 11.9 Å². The minimum absolute atomic E-state index is 0.0917. The van der Waals surface area contributed by atoms with Crippen molar-refractivity contribution < 1.29 is 23.9 Å². The molecule has 0 fully saturated rings. The number of para-hydroxylation sites is 1. The second-order valence-electron chi connectivity index (χ2n) is 5.60. The molecule has 0 saturated heterocycles. The molecular formula is C19H18N2O5S. The van der Waals surface area contributed by atoms with Crippen molar-refractivity contribution in [2.45, 2.75) is 13.5 Å². The third kappa shape index (κ3) is 3.85. The summed E-state index contributed by atoms with van der Waals surface area (Å²) in [5.74, 6) is -1.40. The summed E-state index contributed by atoms with van der Waals surface area (Å²) in [6.45, 7) is 1.86. The number of methoxy groups -OCH3 is 1. The van der Waals surface area contributed by atoms with Gasteiger partial charge in [-0.05, 0) is 36.6 Å². The van der Waals surface area contributed by atoms with Crippen molar-refractivity contribution in [3.05, 3.63) is 53.0 Å². The van der Waals surface area contributed by atoms with E-state index in [1.54, 1.807) is 41.8 Å². The summed E-state index contributed by atoms with van der Waals surface area (Å²) in [5, 5.41) is 5.47. The zero-order valence-electron chi connectivity index (χ0n) is 14.9. The number of aromatic nitrogens is 1. The van der Waals surface area contributed by atoms with E-state index < -0.39 is 11.9 Å². The maximum absolute atomic E-state index is 12.6. The highest BCUT2D eigenvalue weighted by Crippen LogP contribution is 2.26. The summed E-state index contributed by atoms with van der Waals surface area (Å²) >= 11 is 1.43. The molecule has 0 bridgehead atoms. The van der Waals surface area contributed by atoms with Crippen molar-refractivity contribution in [1.82, 2.24) is 4.57 Å². The molecule has 0 unspecified atom stereocenters. The number of hydrogen-bond donors (Lipinski definition) is 1.